The van der Waals surface area contributed by atoms with Crippen LogP contribution in [0, 0.1) is 0 Å². The number of rotatable bonds is 13. The second kappa shape index (κ2) is 12.5. The Hall–Kier alpha value is -2.78. The van der Waals surface area contributed by atoms with Crippen LogP contribution in [0.4, 0.5) is 5.69 Å². The lowest BCUT2D eigenvalue weighted by Gasteiger charge is -2.22. The number of methoxy groups -OCH3 is 3. The van der Waals surface area contributed by atoms with E-state index in [0.717, 1.165) is 25.7 Å². The molecule has 0 atom stereocenters. The third kappa shape index (κ3) is 6.61. The van der Waals surface area contributed by atoms with Crippen LogP contribution in [0.1, 0.15) is 49.9 Å². The van der Waals surface area contributed by atoms with Crippen LogP contribution in [-0.4, -0.2) is 53.0 Å². The van der Waals surface area contributed by atoms with Gasteiger partial charge < -0.3 is 19.5 Å². The second-order valence-electron chi connectivity index (χ2n) is 7.50. The summed E-state index contributed by atoms with van der Waals surface area (Å²) in [4.78, 5) is 13.0. The molecule has 2 rings (SSSR count). The average Bonchev–Trinajstić information content (AvgIpc) is 2.83. The number of hydrogen-bond acceptors (Lipinski definition) is 6. The summed E-state index contributed by atoms with van der Waals surface area (Å²) in [6.07, 6.45) is 3.46. The summed E-state index contributed by atoms with van der Waals surface area (Å²) in [6, 6.07) is 9.31. The van der Waals surface area contributed by atoms with Crippen molar-refractivity contribution < 1.29 is 27.4 Å². The molecule has 0 radical (unpaired) electrons. The summed E-state index contributed by atoms with van der Waals surface area (Å²) in [5.41, 5.74) is 0.785. The highest BCUT2D eigenvalue weighted by atomic mass is 32.2. The molecule has 0 unspecified atom stereocenters. The zero-order valence-electron chi connectivity index (χ0n) is 20.0. The van der Waals surface area contributed by atoms with Gasteiger partial charge in [-0.3, -0.25) is 4.79 Å². The molecular formula is C24H34N2O6S. The predicted octanol–water partition coefficient (Wildman–Crippen LogP) is 4.56. The van der Waals surface area contributed by atoms with Crippen molar-refractivity contribution in [3.63, 3.8) is 0 Å². The molecule has 0 spiro atoms. The monoisotopic (exact) mass is 478 g/mol. The highest BCUT2D eigenvalue weighted by Crippen LogP contribution is 2.38. The van der Waals surface area contributed by atoms with E-state index >= 15 is 0 Å². The lowest BCUT2D eigenvalue weighted by Crippen LogP contribution is -2.33. The SMILES string of the molecule is CCCCN(CCCC)S(=O)(=O)c1ccc(NC(=O)c2cc(OC)c(OC)c(OC)c2)cc1. The number of ether oxygens (including phenoxy) is 3. The first-order valence-electron chi connectivity index (χ1n) is 11.0. The van der Waals surface area contributed by atoms with Gasteiger partial charge in [0.05, 0.1) is 26.2 Å². The van der Waals surface area contributed by atoms with E-state index in [0.29, 0.717) is 41.6 Å². The largest absolute Gasteiger partial charge is 0.493 e. The summed E-state index contributed by atoms with van der Waals surface area (Å²) in [5, 5.41) is 2.78. The van der Waals surface area contributed by atoms with Gasteiger partial charge >= 0.3 is 0 Å². The number of nitrogens with one attached hydrogen (secondary N) is 1. The van der Waals surface area contributed by atoms with Crippen molar-refractivity contribution in [3.05, 3.63) is 42.0 Å². The normalized spacial score (nSPS) is 11.3. The number of amides is 1. The van der Waals surface area contributed by atoms with Gasteiger partial charge in [-0.1, -0.05) is 26.7 Å². The quantitative estimate of drug-likeness (QED) is 0.454. The first-order chi connectivity index (χ1) is 15.8. The molecule has 0 fully saturated rings. The number of hydrogen-bond donors (Lipinski definition) is 1. The Morgan fingerprint density at radius 1 is 0.879 bits per heavy atom. The van der Waals surface area contributed by atoms with Crippen molar-refractivity contribution >= 4 is 21.6 Å². The Morgan fingerprint density at radius 3 is 1.82 bits per heavy atom. The summed E-state index contributed by atoms with van der Waals surface area (Å²) in [5.74, 6) is 0.726. The van der Waals surface area contributed by atoms with Crippen LogP contribution in [0.3, 0.4) is 0 Å². The van der Waals surface area contributed by atoms with Crippen LogP contribution in [0.15, 0.2) is 41.3 Å². The Morgan fingerprint density at radius 2 is 1.39 bits per heavy atom. The fourth-order valence-electron chi connectivity index (χ4n) is 3.30. The molecule has 0 aromatic heterocycles. The lowest BCUT2D eigenvalue weighted by molar-refractivity contribution is 0.102. The van der Waals surface area contributed by atoms with Crippen LogP contribution in [0.5, 0.6) is 17.2 Å². The third-order valence-corrected chi connectivity index (χ3v) is 7.11. The fourth-order valence-corrected chi connectivity index (χ4v) is 4.81. The van der Waals surface area contributed by atoms with Crippen LogP contribution in [0.25, 0.3) is 0 Å². The van der Waals surface area contributed by atoms with Gasteiger partial charge in [-0.05, 0) is 49.2 Å². The van der Waals surface area contributed by atoms with Gasteiger partial charge in [-0.2, -0.15) is 4.31 Å². The van der Waals surface area contributed by atoms with E-state index in [4.69, 9.17) is 14.2 Å². The summed E-state index contributed by atoms with van der Waals surface area (Å²) < 4.78 is 43.6. The van der Waals surface area contributed by atoms with E-state index in [2.05, 4.69) is 5.32 Å². The number of anilines is 1. The minimum absolute atomic E-state index is 0.209. The molecular weight excluding hydrogens is 444 g/mol. The Kier molecular flexibility index (Phi) is 9.99. The first kappa shape index (κ1) is 26.5. The molecule has 33 heavy (non-hydrogen) atoms. The van der Waals surface area contributed by atoms with E-state index in [1.54, 1.807) is 28.6 Å². The van der Waals surface area contributed by atoms with Crippen LogP contribution < -0.4 is 19.5 Å². The molecule has 0 heterocycles. The molecule has 2 aromatic carbocycles. The molecule has 0 saturated heterocycles. The van der Waals surface area contributed by atoms with Gasteiger partial charge in [0.25, 0.3) is 5.91 Å². The molecule has 0 bridgehead atoms. The second-order valence-corrected chi connectivity index (χ2v) is 9.44. The molecule has 0 saturated carbocycles. The van der Waals surface area contributed by atoms with Gasteiger partial charge in [0, 0.05) is 24.3 Å². The smallest absolute Gasteiger partial charge is 0.255 e. The summed E-state index contributed by atoms with van der Waals surface area (Å²) in [6.45, 7) is 5.07. The standard InChI is InChI=1S/C24H34N2O6S/c1-6-8-14-26(15-9-7-2)33(28,29)20-12-10-19(11-13-20)25-24(27)18-16-21(30-3)23(32-5)22(17-18)31-4/h10-13,16-17H,6-9,14-15H2,1-5H3,(H,25,27). The van der Waals surface area contributed by atoms with Crippen molar-refractivity contribution in [2.45, 2.75) is 44.4 Å². The lowest BCUT2D eigenvalue weighted by atomic mass is 10.1. The molecule has 9 heteroatoms. The van der Waals surface area contributed by atoms with Gasteiger partial charge in [0.15, 0.2) is 11.5 Å². The van der Waals surface area contributed by atoms with Crippen LogP contribution in [0.2, 0.25) is 0 Å². The molecule has 0 aliphatic heterocycles. The zero-order valence-corrected chi connectivity index (χ0v) is 20.8. The van der Waals surface area contributed by atoms with Gasteiger partial charge in [0.1, 0.15) is 0 Å². The van der Waals surface area contributed by atoms with Crippen molar-refractivity contribution in [1.82, 2.24) is 4.31 Å². The molecule has 0 aliphatic carbocycles. The Bertz CT molecular complexity index is 989. The number of sulfonamides is 1. The minimum atomic E-state index is -3.59. The first-order valence-corrected chi connectivity index (χ1v) is 12.5. The minimum Gasteiger partial charge on any atom is -0.493 e. The van der Waals surface area contributed by atoms with E-state index < -0.39 is 15.9 Å². The maximum Gasteiger partial charge on any atom is 0.255 e. The van der Waals surface area contributed by atoms with Crippen molar-refractivity contribution in [3.8, 4) is 17.2 Å². The number of carbonyl (C=O) groups excluding carboxylic acids is 1. The number of carbonyl (C=O) groups is 1. The van der Waals surface area contributed by atoms with Crippen molar-refractivity contribution in [1.29, 1.82) is 0 Å². The highest BCUT2D eigenvalue weighted by Gasteiger charge is 2.23. The number of unbranched alkanes of at least 4 members (excludes halogenated alkanes) is 2. The van der Waals surface area contributed by atoms with Crippen molar-refractivity contribution in [2.75, 3.05) is 39.7 Å². The van der Waals surface area contributed by atoms with Gasteiger partial charge in [-0.25, -0.2) is 8.42 Å². The summed E-state index contributed by atoms with van der Waals surface area (Å²) >= 11 is 0. The average molecular weight is 479 g/mol. The van der Waals surface area contributed by atoms with Crippen molar-refractivity contribution in [2.24, 2.45) is 0 Å². The maximum atomic E-state index is 13.1. The maximum absolute atomic E-state index is 13.1. The molecule has 182 valence electrons. The van der Waals surface area contributed by atoms with Gasteiger partial charge in [0.2, 0.25) is 15.8 Å². The van der Waals surface area contributed by atoms with Crippen LogP contribution in [-0.2, 0) is 10.0 Å². The highest BCUT2D eigenvalue weighted by molar-refractivity contribution is 7.89. The van der Waals surface area contributed by atoms with E-state index in [9.17, 15) is 13.2 Å². The van der Waals surface area contributed by atoms with E-state index in [1.165, 1.54) is 33.5 Å². The number of nitrogens with zero attached hydrogens (tertiary/aromatic N) is 1. The zero-order chi connectivity index (χ0) is 24.4. The summed E-state index contributed by atoms with van der Waals surface area (Å²) in [7, 11) is 0.842. The number of benzene rings is 2. The molecule has 8 nitrogen and oxygen atoms in total. The third-order valence-electron chi connectivity index (χ3n) is 5.20. The van der Waals surface area contributed by atoms with E-state index in [-0.39, 0.29) is 4.90 Å². The Balaban J connectivity index is 2.22. The van der Waals surface area contributed by atoms with Gasteiger partial charge in [-0.15, -0.1) is 0 Å². The predicted molar refractivity (Wildman–Crippen MR) is 129 cm³/mol. The molecule has 1 N–H and O–H groups in total. The fraction of sp³-hybridized carbons (Fsp3) is 0.458. The Labute approximate surface area is 196 Å². The van der Waals surface area contributed by atoms with E-state index in [1.807, 2.05) is 13.8 Å². The van der Waals surface area contributed by atoms with Crippen LogP contribution >= 0.6 is 0 Å². The molecule has 0 aliphatic rings. The molecule has 1 amide bonds. The molecule has 2 aromatic rings. The topological polar surface area (TPSA) is 94.2 Å².